The number of aliphatic hydroxyl groups excluding tert-OH is 1. The summed E-state index contributed by atoms with van der Waals surface area (Å²) in [5, 5.41) is 14.5. The molecule has 0 fully saturated rings. The van der Waals surface area contributed by atoms with Gasteiger partial charge in [0.15, 0.2) is 0 Å². The molecule has 2 rings (SSSR count). The zero-order valence-corrected chi connectivity index (χ0v) is 11.5. The zero-order chi connectivity index (χ0) is 12.4. The lowest BCUT2D eigenvalue weighted by Crippen LogP contribution is -2.11. The molecule has 0 unspecified atom stereocenters. The minimum atomic E-state index is -0.527. The largest absolute Gasteiger partial charge is 0.386 e. The van der Waals surface area contributed by atoms with Gasteiger partial charge in [-0.2, -0.15) is 5.10 Å². The van der Waals surface area contributed by atoms with Gasteiger partial charge in [0.1, 0.15) is 0 Å². The van der Waals surface area contributed by atoms with Gasteiger partial charge < -0.3 is 5.11 Å². The van der Waals surface area contributed by atoms with Crippen LogP contribution in [0.25, 0.3) is 0 Å². The summed E-state index contributed by atoms with van der Waals surface area (Å²) in [6, 6.07) is 9.64. The van der Waals surface area contributed by atoms with Gasteiger partial charge in [-0.15, -0.1) is 0 Å². The second kappa shape index (κ2) is 5.02. The average molecular weight is 295 g/mol. The predicted octanol–water partition coefficient (Wildman–Crippen LogP) is 3.00. The SMILES string of the molecule is Cc1nn(C[C@@H](O)c2ccccc2)c(C)c1Br. The van der Waals surface area contributed by atoms with E-state index in [1.165, 1.54) is 0 Å². The Morgan fingerprint density at radius 2 is 1.94 bits per heavy atom. The molecule has 1 aromatic carbocycles. The maximum Gasteiger partial charge on any atom is 0.0986 e. The van der Waals surface area contributed by atoms with Crippen LogP contribution >= 0.6 is 15.9 Å². The highest BCUT2D eigenvalue weighted by Crippen LogP contribution is 2.22. The Morgan fingerprint density at radius 1 is 1.29 bits per heavy atom. The molecule has 0 aliphatic rings. The topological polar surface area (TPSA) is 38.0 Å². The fourth-order valence-electron chi connectivity index (χ4n) is 1.80. The van der Waals surface area contributed by atoms with Crippen LogP contribution in [0.4, 0.5) is 0 Å². The van der Waals surface area contributed by atoms with Crippen molar-refractivity contribution in [3.63, 3.8) is 0 Å². The van der Waals surface area contributed by atoms with Crippen molar-refractivity contribution in [1.29, 1.82) is 0 Å². The molecule has 0 bridgehead atoms. The van der Waals surface area contributed by atoms with E-state index < -0.39 is 6.10 Å². The monoisotopic (exact) mass is 294 g/mol. The fraction of sp³-hybridized carbons (Fsp3) is 0.308. The normalized spacial score (nSPS) is 12.7. The molecule has 0 radical (unpaired) electrons. The van der Waals surface area contributed by atoms with Crippen LogP contribution < -0.4 is 0 Å². The smallest absolute Gasteiger partial charge is 0.0986 e. The number of benzene rings is 1. The van der Waals surface area contributed by atoms with E-state index in [9.17, 15) is 5.11 Å². The molecular formula is C13H15BrN2O. The standard InChI is InChI=1S/C13H15BrN2O/c1-9-13(14)10(2)16(15-9)8-12(17)11-6-4-3-5-7-11/h3-7,12,17H,8H2,1-2H3/t12-/m1/s1. The molecule has 0 amide bonds. The molecule has 17 heavy (non-hydrogen) atoms. The first-order chi connectivity index (χ1) is 8.09. The second-order valence-corrected chi connectivity index (χ2v) is 4.89. The molecule has 0 spiro atoms. The minimum Gasteiger partial charge on any atom is -0.386 e. The Kier molecular flexibility index (Phi) is 3.64. The molecule has 1 atom stereocenters. The second-order valence-electron chi connectivity index (χ2n) is 4.09. The third kappa shape index (κ3) is 2.58. The number of rotatable bonds is 3. The van der Waals surface area contributed by atoms with E-state index in [4.69, 9.17) is 0 Å². The molecule has 1 aromatic heterocycles. The van der Waals surface area contributed by atoms with Gasteiger partial charge >= 0.3 is 0 Å². The van der Waals surface area contributed by atoms with Crippen LogP contribution in [0.5, 0.6) is 0 Å². The maximum absolute atomic E-state index is 10.1. The zero-order valence-electron chi connectivity index (χ0n) is 9.89. The number of aryl methyl sites for hydroxylation is 1. The van der Waals surface area contributed by atoms with Gasteiger partial charge in [-0.05, 0) is 35.3 Å². The molecule has 2 aromatic rings. The molecule has 1 heterocycles. The van der Waals surface area contributed by atoms with Gasteiger partial charge in [0.05, 0.1) is 22.8 Å². The maximum atomic E-state index is 10.1. The lowest BCUT2D eigenvalue weighted by Gasteiger charge is -2.12. The van der Waals surface area contributed by atoms with Gasteiger partial charge in [0, 0.05) is 5.69 Å². The summed E-state index contributed by atoms with van der Waals surface area (Å²) in [4.78, 5) is 0. The number of halogens is 1. The van der Waals surface area contributed by atoms with E-state index in [-0.39, 0.29) is 0 Å². The predicted molar refractivity (Wildman–Crippen MR) is 70.8 cm³/mol. The molecule has 0 aliphatic heterocycles. The van der Waals surface area contributed by atoms with E-state index in [2.05, 4.69) is 21.0 Å². The summed E-state index contributed by atoms with van der Waals surface area (Å²) < 4.78 is 2.84. The Morgan fingerprint density at radius 3 is 2.47 bits per heavy atom. The summed E-state index contributed by atoms with van der Waals surface area (Å²) >= 11 is 3.48. The first-order valence-corrected chi connectivity index (χ1v) is 6.31. The van der Waals surface area contributed by atoms with Crippen molar-refractivity contribution in [1.82, 2.24) is 9.78 Å². The molecule has 4 heteroatoms. The molecular weight excluding hydrogens is 280 g/mol. The highest BCUT2D eigenvalue weighted by atomic mass is 79.9. The first-order valence-electron chi connectivity index (χ1n) is 5.52. The Balaban J connectivity index is 2.19. The summed E-state index contributed by atoms with van der Waals surface area (Å²) in [5.74, 6) is 0. The van der Waals surface area contributed by atoms with Crippen molar-refractivity contribution in [2.45, 2.75) is 26.5 Å². The van der Waals surface area contributed by atoms with Crippen molar-refractivity contribution in [2.75, 3.05) is 0 Å². The quantitative estimate of drug-likeness (QED) is 0.945. The van der Waals surface area contributed by atoms with Crippen molar-refractivity contribution < 1.29 is 5.11 Å². The molecule has 3 nitrogen and oxygen atoms in total. The summed E-state index contributed by atoms with van der Waals surface area (Å²) in [7, 11) is 0. The third-order valence-electron chi connectivity index (χ3n) is 2.82. The van der Waals surface area contributed by atoms with Crippen molar-refractivity contribution in [3.8, 4) is 0 Å². The lowest BCUT2D eigenvalue weighted by atomic mass is 10.1. The number of aromatic nitrogens is 2. The fourth-order valence-corrected chi connectivity index (χ4v) is 2.08. The van der Waals surface area contributed by atoms with Gasteiger partial charge in [-0.3, -0.25) is 4.68 Å². The number of nitrogens with zero attached hydrogens (tertiary/aromatic N) is 2. The summed E-state index contributed by atoms with van der Waals surface area (Å²) in [6.45, 7) is 4.41. The Hall–Kier alpha value is -1.13. The van der Waals surface area contributed by atoms with Crippen LogP contribution in [-0.2, 0) is 6.54 Å². The Bertz CT molecular complexity index is 508. The van der Waals surface area contributed by atoms with Crippen LogP contribution in [0.2, 0.25) is 0 Å². The van der Waals surface area contributed by atoms with Gasteiger partial charge in [0.2, 0.25) is 0 Å². The molecule has 1 N–H and O–H groups in total. The summed E-state index contributed by atoms with van der Waals surface area (Å²) in [5.41, 5.74) is 2.90. The number of hydrogen-bond donors (Lipinski definition) is 1. The van der Waals surface area contributed by atoms with Crippen LogP contribution in [0.3, 0.4) is 0 Å². The average Bonchev–Trinajstić information content (AvgIpc) is 2.58. The highest BCUT2D eigenvalue weighted by molar-refractivity contribution is 9.10. The van der Waals surface area contributed by atoms with Crippen molar-refractivity contribution in [3.05, 3.63) is 51.8 Å². The Labute approximate surface area is 109 Å². The minimum absolute atomic E-state index is 0.474. The molecule has 90 valence electrons. The van der Waals surface area contributed by atoms with Gasteiger partial charge in [-0.1, -0.05) is 30.3 Å². The van der Waals surface area contributed by atoms with E-state index in [0.717, 1.165) is 21.4 Å². The lowest BCUT2D eigenvalue weighted by molar-refractivity contribution is 0.150. The van der Waals surface area contributed by atoms with E-state index in [0.29, 0.717) is 6.54 Å². The van der Waals surface area contributed by atoms with Gasteiger partial charge in [-0.25, -0.2) is 0 Å². The highest BCUT2D eigenvalue weighted by Gasteiger charge is 2.13. The third-order valence-corrected chi connectivity index (χ3v) is 3.97. The van der Waals surface area contributed by atoms with E-state index in [1.54, 1.807) is 0 Å². The van der Waals surface area contributed by atoms with E-state index >= 15 is 0 Å². The van der Waals surface area contributed by atoms with Crippen LogP contribution in [0.1, 0.15) is 23.1 Å². The molecule has 0 saturated heterocycles. The van der Waals surface area contributed by atoms with Crippen molar-refractivity contribution >= 4 is 15.9 Å². The van der Waals surface area contributed by atoms with Crippen molar-refractivity contribution in [2.24, 2.45) is 0 Å². The van der Waals surface area contributed by atoms with Crippen LogP contribution in [-0.4, -0.2) is 14.9 Å². The first kappa shape index (κ1) is 12.3. The van der Waals surface area contributed by atoms with E-state index in [1.807, 2.05) is 48.9 Å². The molecule has 0 saturated carbocycles. The summed E-state index contributed by atoms with van der Waals surface area (Å²) in [6.07, 6.45) is -0.527. The number of aliphatic hydroxyl groups is 1. The molecule has 0 aliphatic carbocycles. The van der Waals surface area contributed by atoms with Crippen LogP contribution in [0, 0.1) is 13.8 Å². The van der Waals surface area contributed by atoms with Crippen LogP contribution in [0.15, 0.2) is 34.8 Å². The van der Waals surface area contributed by atoms with Gasteiger partial charge in [0.25, 0.3) is 0 Å². The number of hydrogen-bond acceptors (Lipinski definition) is 2.